The number of fused-ring (bicyclic) bond motifs is 1. The molecule has 0 amide bonds. The van der Waals surface area contributed by atoms with Gasteiger partial charge in [-0.2, -0.15) is 5.10 Å². The summed E-state index contributed by atoms with van der Waals surface area (Å²) in [6.45, 7) is 2.02. The fraction of sp³-hybridized carbons (Fsp3) is 0.0952. The molecule has 2 aromatic carbocycles. The number of aromatic nitrogens is 3. The van der Waals surface area contributed by atoms with Crippen molar-refractivity contribution in [2.24, 2.45) is 5.10 Å². The van der Waals surface area contributed by atoms with Gasteiger partial charge in [0.15, 0.2) is 5.49 Å². The molecule has 2 aromatic heterocycles. The summed E-state index contributed by atoms with van der Waals surface area (Å²) in [5.41, 5.74) is 5.37. The van der Waals surface area contributed by atoms with Gasteiger partial charge in [-0.25, -0.2) is 9.66 Å². The van der Waals surface area contributed by atoms with Crippen molar-refractivity contribution in [2.45, 2.75) is 13.3 Å². The number of nitrogens with zero attached hydrogens (tertiary/aromatic N) is 3. The molecule has 0 aliphatic rings. The van der Waals surface area contributed by atoms with E-state index in [0.29, 0.717) is 5.49 Å². The average molecular weight is 341 g/mol. The number of rotatable bonds is 4. The van der Waals surface area contributed by atoms with Gasteiger partial charge in [0.1, 0.15) is 12.0 Å². The van der Waals surface area contributed by atoms with Gasteiger partial charge >= 0.3 is 0 Å². The van der Waals surface area contributed by atoms with Crippen molar-refractivity contribution in [3.05, 3.63) is 94.9 Å². The molecule has 0 saturated heterocycles. The monoisotopic (exact) mass is 341 g/mol. The first kappa shape index (κ1) is 16.0. The zero-order valence-corrected chi connectivity index (χ0v) is 14.5. The molecule has 26 heavy (non-hydrogen) atoms. The van der Waals surface area contributed by atoms with E-state index in [1.807, 2.05) is 55.5 Å². The molecule has 4 rings (SSSR count). The Hall–Kier alpha value is -3.47. The van der Waals surface area contributed by atoms with Crippen LogP contribution >= 0.6 is 0 Å². The fourth-order valence-corrected chi connectivity index (χ4v) is 3.06. The second-order valence-electron chi connectivity index (χ2n) is 6.21. The highest BCUT2D eigenvalue weighted by atomic mass is 15.4. The van der Waals surface area contributed by atoms with Crippen molar-refractivity contribution in [3.63, 3.8) is 0 Å². The smallest absolute Gasteiger partial charge is 0.159 e. The quantitative estimate of drug-likeness (QED) is 0.547. The van der Waals surface area contributed by atoms with E-state index < -0.39 is 0 Å². The highest BCUT2D eigenvalue weighted by Gasteiger charge is 2.13. The lowest BCUT2D eigenvalue weighted by atomic mass is 10.0. The maximum absolute atomic E-state index is 8.61. The summed E-state index contributed by atoms with van der Waals surface area (Å²) in [4.78, 5) is 7.74. The second-order valence-corrected chi connectivity index (χ2v) is 6.21. The number of aryl methyl sites for hydroxylation is 1. The van der Waals surface area contributed by atoms with E-state index in [0.717, 1.165) is 34.3 Å². The maximum Gasteiger partial charge on any atom is 0.159 e. The van der Waals surface area contributed by atoms with E-state index in [2.05, 4.69) is 27.2 Å². The van der Waals surface area contributed by atoms with Gasteiger partial charge in [-0.15, -0.1) is 0 Å². The van der Waals surface area contributed by atoms with Gasteiger partial charge in [0.2, 0.25) is 0 Å². The van der Waals surface area contributed by atoms with Crippen LogP contribution in [0.3, 0.4) is 0 Å². The zero-order chi connectivity index (χ0) is 17.9. The minimum atomic E-state index is 0.331. The Balaban J connectivity index is 1.78. The van der Waals surface area contributed by atoms with E-state index in [1.54, 1.807) is 12.5 Å². The van der Waals surface area contributed by atoms with Crippen LogP contribution in [0.15, 0.2) is 72.1 Å². The molecule has 0 unspecified atom stereocenters. The third-order valence-electron chi connectivity index (χ3n) is 4.41. The Morgan fingerprint density at radius 1 is 1.08 bits per heavy atom. The number of aromatic amines is 1. The molecule has 0 saturated carbocycles. The van der Waals surface area contributed by atoms with Crippen molar-refractivity contribution in [2.75, 3.05) is 0 Å². The minimum absolute atomic E-state index is 0.331. The number of hydrogen-bond donors (Lipinski definition) is 2. The van der Waals surface area contributed by atoms with E-state index in [9.17, 15) is 0 Å². The Kier molecular flexibility index (Phi) is 4.19. The van der Waals surface area contributed by atoms with Crippen LogP contribution in [0.4, 0.5) is 0 Å². The Bertz CT molecular complexity index is 1120. The first-order chi connectivity index (χ1) is 12.7. The van der Waals surface area contributed by atoms with Gasteiger partial charge in [0.05, 0.1) is 11.6 Å². The molecular formula is C21H19N5. The van der Waals surface area contributed by atoms with E-state index in [-0.39, 0.29) is 0 Å². The molecular weight excluding hydrogens is 322 g/mol. The number of H-pyrrole nitrogens is 1. The molecule has 0 atom stereocenters. The molecule has 0 bridgehead atoms. The van der Waals surface area contributed by atoms with Crippen LogP contribution in [-0.2, 0) is 6.42 Å². The van der Waals surface area contributed by atoms with Crippen LogP contribution in [0.2, 0.25) is 0 Å². The summed E-state index contributed by atoms with van der Waals surface area (Å²) in [7, 11) is 0. The first-order valence-electron chi connectivity index (χ1n) is 8.49. The van der Waals surface area contributed by atoms with Crippen molar-refractivity contribution < 1.29 is 0 Å². The largest absolute Gasteiger partial charge is 0.343 e. The number of hydrogen-bond acceptors (Lipinski definition) is 3. The Labute approximate surface area is 151 Å². The molecule has 0 aliphatic carbocycles. The van der Waals surface area contributed by atoms with Gasteiger partial charge in [0, 0.05) is 12.1 Å². The molecule has 0 radical (unpaired) electrons. The Morgan fingerprint density at radius 3 is 2.50 bits per heavy atom. The standard InChI is InChI=1S/C21H19N5/c1-15-18(12-16-8-4-2-5-9-16)19-20(22)26(14-23-21(19)25-15)24-13-17-10-6-3-7-11-17/h2-11,13-14,22,25H,12H2,1H3/b22-20?,24-13+. The van der Waals surface area contributed by atoms with E-state index in [4.69, 9.17) is 5.41 Å². The van der Waals surface area contributed by atoms with Gasteiger partial charge in [-0.1, -0.05) is 60.7 Å². The molecule has 5 nitrogen and oxygen atoms in total. The van der Waals surface area contributed by atoms with Gasteiger partial charge in [0.25, 0.3) is 0 Å². The molecule has 4 aromatic rings. The highest BCUT2D eigenvalue weighted by molar-refractivity contribution is 5.81. The summed E-state index contributed by atoms with van der Waals surface area (Å²) in [6.07, 6.45) is 4.07. The van der Waals surface area contributed by atoms with Crippen LogP contribution in [0.5, 0.6) is 0 Å². The molecule has 2 heterocycles. The van der Waals surface area contributed by atoms with E-state index >= 15 is 0 Å². The second kappa shape index (κ2) is 6.80. The summed E-state index contributed by atoms with van der Waals surface area (Å²) < 4.78 is 1.51. The molecule has 0 aliphatic heterocycles. The van der Waals surface area contributed by atoms with Crippen LogP contribution in [0.1, 0.15) is 22.4 Å². The molecule has 0 spiro atoms. The lowest BCUT2D eigenvalue weighted by Gasteiger charge is -2.04. The Morgan fingerprint density at radius 2 is 1.77 bits per heavy atom. The van der Waals surface area contributed by atoms with Crippen molar-refractivity contribution in [3.8, 4) is 0 Å². The summed E-state index contributed by atoms with van der Waals surface area (Å²) in [5, 5.41) is 13.8. The first-order valence-corrected chi connectivity index (χ1v) is 8.49. The number of benzene rings is 2. The predicted molar refractivity (Wildman–Crippen MR) is 103 cm³/mol. The summed E-state index contributed by atoms with van der Waals surface area (Å²) in [5.74, 6) is 0. The molecule has 2 N–H and O–H groups in total. The predicted octanol–water partition coefficient (Wildman–Crippen LogP) is 3.63. The third kappa shape index (κ3) is 3.07. The molecule has 5 heteroatoms. The van der Waals surface area contributed by atoms with Crippen molar-refractivity contribution >= 4 is 17.2 Å². The van der Waals surface area contributed by atoms with E-state index in [1.165, 1.54) is 10.2 Å². The van der Waals surface area contributed by atoms with Crippen LogP contribution in [0.25, 0.3) is 11.0 Å². The topological polar surface area (TPSA) is 69.8 Å². The minimum Gasteiger partial charge on any atom is -0.343 e. The summed E-state index contributed by atoms with van der Waals surface area (Å²) >= 11 is 0. The zero-order valence-electron chi connectivity index (χ0n) is 14.5. The van der Waals surface area contributed by atoms with Crippen molar-refractivity contribution in [1.29, 1.82) is 5.41 Å². The SMILES string of the molecule is Cc1[nH]c2ncn(/N=C/c3ccccc3)c(=N)c2c1Cc1ccccc1. The molecule has 0 fully saturated rings. The van der Waals surface area contributed by atoms with Crippen LogP contribution < -0.4 is 5.49 Å². The van der Waals surface area contributed by atoms with Gasteiger partial charge in [-0.3, -0.25) is 5.41 Å². The van der Waals surface area contributed by atoms with Crippen LogP contribution in [-0.4, -0.2) is 20.9 Å². The molecule has 128 valence electrons. The lowest BCUT2D eigenvalue weighted by molar-refractivity contribution is 0.782. The normalized spacial score (nSPS) is 11.4. The van der Waals surface area contributed by atoms with Crippen molar-refractivity contribution in [1.82, 2.24) is 14.6 Å². The van der Waals surface area contributed by atoms with Gasteiger partial charge in [-0.05, 0) is 23.6 Å². The average Bonchev–Trinajstić information content (AvgIpc) is 2.99. The fourth-order valence-electron chi connectivity index (χ4n) is 3.06. The summed E-state index contributed by atoms with van der Waals surface area (Å²) in [6, 6.07) is 20.1. The maximum atomic E-state index is 8.61. The number of nitrogens with one attached hydrogen (secondary N) is 2. The van der Waals surface area contributed by atoms with Crippen LogP contribution in [0, 0.1) is 12.3 Å². The third-order valence-corrected chi connectivity index (χ3v) is 4.41. The van der Waals surface area contributed by atoms with Gasteiger partial charge < -0.3 is 4.98 Å². The lowest BCUT2D eigenvalue weighted by Crippen LogP contribution is -2.18. The highest BCUT2D eigenvalue weighted by Crippen LogP contribution is 2.20.